The molecule has 0 saturated heterocycles. The van der Waals surface area contributed by atoms with Gasteiger partial charge in [0.25, 0.3) is 15.7 Å². The molecule has 9 nitrogen and oxygen atoms in total. The minimum Gasteiger partial charge on any atom is -0.495 e. The number of nitro benzene ring substituents is 1. The second-order valence-corrected chi connectivity index (χ2v) is 10.7. The summed E-state index contributed by atoms with van der Waals surface area (Å²) in [5.41, 5.74) is 5.62. The predicted molar refractivity (Wildman–Crippen MR) is 145 cm³/mol. The Morgan fingerprint density at radius 2 is 1.70 bits per heavy atom. The van der Waals surface area contributed by atoms with Crippen LogP contribution in [0.4, 0.5) is 17.1 Å². The summed E-state index contributed by atoms with van der Waals surface area (Å²) in [6.07, 6.45) is 6.27. The summed E-state index contributed by atoms with van der Waals surface area (Å²) in [6.45, 7) is 1.81. The average molecular weight is 523 g/mol. The Hall–Kier alpha value is -3.92. The van der Waals surface area contributed by atoms with E-state index in [2.05, 4.69) is 27.4 Å². The van der Waals surface area contributed by atoms with Gasteiger partial charge in [-0.25, -0.2) is 8.42 Å². The largest absolute Gasteiger partial charge is 0.495 e. The Labute approximate surface area is 216 Å². The Balaban J connectivity index is 1.60. The first-order valence-corrected chi connectivity index (χ1v) is 13.6. The lowest BCUT2D eigenvalue weighted by Crippen LogP contribution is -2.16. The highest BCUT2D eigenvalue weighted by atomic mass is 32.2. The summed E-state index contributed by atoms with van der Waals surface area (Å²) in [7, 11) is -2.81. The van der Waals surface area contributed by atoms with Crippen molar-refractivity contribution in [3.8, 4) is 5.75 Å². The van der Waals surface area contributed by atoms with Crippen LogP contribution in [0.3, 0.4) is 0 Å². The van der Waals surface area contributed by atoms with E-state index in [9.17, 15) is 18.5 Å². The van der Waals surface area contributed by atoms with Crippen molar-refractivity contribution < 1.29 is 18.1 Å². The van der Waals surface area contributed by atoms with Crippen molar-refractivity contribution in [3.63, 3.8) is 0 Å². The van der Waals surface area contributed by atoms with Crippen LogP contribution in [0.1, 0.15) is 56.1 Å². The molecule has 0 amide bonds. The van der Waals surface area contributed by atoms with Crippen molar-refractivity contribution in [2.24, 2.45) is 5.10 Å². The molecule has 194 valence electrons. The van der Waals surface area contributed by atoms with E-state index < -0.39 is 14.9 Å². The first kappa shape index (κ1) is 26.2. The summed E-state index contributed by atoms with van der Waals surface area (Å²) in [5, 5.41) is 15.7. The van der Waals surface area contributed by atoms with Crippen LogP contribution in [0.5, 0.6) is 5.75 Å². The number of ether oxygens (including phenoxy) is 1. The highest BCUT2D eigenvalue weighted by Gasteiger charge is 2.24. The van der Waals surface area contributed by atoms with Gasteiger partial charge in [0.15, 0.2) is 0 Å². The van der Waals surface area contributed by atoms with E-state index in [4.69, 9.17) is 4.74 Å². The highest BCUT2D eigenvalue weighted by molar-refractivity contribution is 7.93. The molecule has 3 aromatic carbocycles. The average Bonchev–Trinajstić information content (AvgIpc) is 2.92. The first-order valence-electron chi connectivity index (χ1n) is 12.1. The maximum Gasteiger partial charge on any atom is 0.270 e. The monoisotopic (exact) mass is 522 g/mol. The molecule has 3 aromatic rings. The molecule has 1 aliphatic carbocycles. The van der Waals surface area contributed by atoms with Crippen LogP contribution >= 0.6 is 0 Å². The fourth-order valence-electron chi connectivity index (χ4n) is 4.51. The van der Waals surface area contributed by atoms with Gasteiger partial charge < -0.3 is 4.74 Å². The van der Waals surface area contributed by atoms with Crippen LogP contribution < -0.4 is 14.9 Å². The first-order chi connectivity index (χ1) is 17.8. The third-order valence-electron chi connectivity index (χ3n) is 6.57. The molecule has 1 saturated carbocycles. The maximum atomic E-state index is 13.3. The molecule has 10 heteroatoms. The fraction of sp³-hybridized carbons (Fsp3) is 0.296. The molecular weight excluding hydrogens is 492 g/mol. The zero-order valence-electron chi connectivity index (χ0n) is 20.8. The van der Waals surface area contributed by atoms with Gasteiger partial charge in [-0.15, -0.1) is 0 Å². The Morgan fingerprint density at radius 1 is 1.00 bits per heavy atom. The lowest BCUT2D eigenvalue weighted by atomic mass is 9.84. The quantitative estimate of drug-likeness (QED) is 0.193. The molecule has 0 heterocycles. The third-order valence-corrected chi connectivity index (χ3v) is 7.97. The number of anilines is 2. The van der Waals surface area contributed by atoms with Crippen molar-refractivity contribution in [2.45, 2.75) is 49.8 Å². The molecule has 2 N–H and O–H groups in total. The number of para-hydroxylation sites is 2. The van der Waals surface area contributed by atoms with E-state index in [1.165, 1.54) is 56.9 Å². The van der Waals surface area contributed by atoms with Crippen LogP contribution in [0, 0.1) is 10.1 Å². The molecular formula is C27H30N4O5S. The molecule has 0 bridgehead atoms. The minimum atomic E-state index is -4.23. The molecule has 1 fully saturated rings. The predicted octanol–water partition coefficient (Wildman–Crippen LogP) is 6.29. The fourth-order valence-corrected chi connectivity index (χ4v) is 5.76. The second kappa shape index (κ2) is 11.4. The third kappa shape index (κ3) is 6.26. The Kier molecular flexibility index (Phi) is 8.08. The van der Waals surface area contributed by atoms with Gasteiger partial charge in [0.2, 0.25) is 0 Å². The molecule has 4 rings (SSSR count). The molecule has 0 aliphatic heterocycles. The maximum absolute atomic E-state index is 13.3. The molecule has 0 atom stereocenters. The summed E-state index contributed by atoms with van der Waals surface area (Å²) in [4.78, 5) is 10.4. The molecule has 0 unspecified atom stereocenters. The number of methoxy groups -OCH3 is 1. The number of benzene rings is 3. The highest BCUT2D eigenvalue weighted by Crippen LogP contribution is 2.33. The summed E-state index contributed by atoms with van der Waals surface area (Å²) in [5.74, 6) is 0.915. The van der Waals surface area contributed by atoms with Crippen molar-refractivity contribution in [2.75, 3.05) is 17.3 Å². The van der Waals surface area contributed by atoms with E-state index in [1.807, 2.05) is 19.1 Å². The van der Waals surface area contributed by atoms with Gasteiger partial charge in [0.05, 0.1) is 29.1 Å². The van der Waals surface area contributed by atoms with Gasteiger partial charge in [-0.05, 0) is 55.0 Å². The number of rotatable bonds is 9. The van der Waals surface area contributed by atoms with Crippen LogP contribution in [0.15, 0.2) is 76.7 Å². The normalized spacial score (nSPS) is 14.7. The number of nitrogens with one attached hydrogen (secondary N) is 2. The van der Waals surface area contributed by atoms with Gasteiger partial charge >= 0.3 is 0 Å². The van der Waals surface area contributed by atoms with Gasteiger partial charge in [-0.2, -0.15) is 5.10 Å². The van der Waals surface area contributed by atoms with Crippen LogP contribution in [-0.2, 0) is 10.0 Å². The van der Waals surface area contributed by atoms with Gasteiger partial charge in [-0.3, -0.25) is 20.3 Å². The van der Waals surface area contributed by atoms with Crippen LogP contribution in [0.25, 0.3) is 0 Å². The van der Waals surface area contributed by atoms with E-state index >= 15 is 0 Å². The summed E-state index contributed by atoms with van der Waals surface area (Å²) < 4.78 is 34.3. The van der Waals surface area contributed by atoms with Crippen molar-refractivity contribution in [1.29, 1.82) is 0 Å². The topological polar surface area (TPSA) is 123 Å². The SMILES string of the molecule is COc1ccccc1NS(=O)(=O)c1cc([N+](=O)[O-])ccc1N/N=C(\C)c1ccc(C2CCCCC2)cc1. The van der Waals surface area contributed by atoms with Crippen molar-refractivity contribution in [1.82, 2.24) is 0 Å². The van der Waals surface area contributed by atoms with E-state index in [-0.39, 0.29) is 22.0 Å². The number of hydrogen-bond acceptors (Lipinski definition) is 7. The zero-order chi connectivity index (χ0) is 26.4. The second-order valence-electron chi connectivity index (χ2n) is 9.01. The van der Waals surface area contributed by atoms with E-state index in [0.29, 0.717) is 17.4 Å². The molecule has 0 aromatic heterocycles. The summed E-state index contributed by atoms with van der Waals surface area (Å²) >= 11 is 0. The number of non-ortho nitro benzene ring substituents is 1. The van der Waals surface area contributed by atoms with Crippen LogP contribution in [-0.4, -0.2) is 26.2 Å². The number of hydrogen-bond donors (Lipinski definition) is 2. The number of nitrogens with zero attached hydrogens (tertiary/aromatic N) is 2. The summed E-state index contributed by atoms with van der Waals surface area (Å²) in [6, 6.07) is 18.4. The lowest BCUT2D eigenvalue weighted by Gasteiger charge is -2.22. The standard InChI is InChI=1S/C27H30N4O5S/c1-19(20-12-14-22(15-13-20)21-8-4-3-5-9-21)28-29-25-17-16-23(31(32)33)18-27(25)37(34,35)30-24-10-6-7-11-26(24)36-2/h6-7,10-18,21,29-30H,3-5,8-9H2,1-2H3/b28-19+. The smallest absolute Gasteiger partial charge is 0.270 e. The van der Waals surface area contributed by atoms with Gasteiger partial charge in [-0.1, -0.05) is 55.7 Å². The molecule has 37 heavy (non-hydrogen) atoms. The number of nitro groups is 1. The number of sulfonamides is 1. The lowest BCUT2D eigenvalue weighted by molar-refractivity contribution is -0.385. The Bertz CT molecular complexity index is 1400. The molecule has 0 radical (unpaired) electrons. The van der Waals surface area contributed by atoms with Crippen molar-refractivity contribution in [3.05, 3.63) is 88.0 Å². The van der Waals surface area contributed by atoms with Gasteiger partial charge in [0.1, 0.15) is 10.6 Å². The minimum absolute atomic E-state index is 0.103. The zero-order valence-corrected chi connectivity index (χ0v) is 21.6. The van der Waals surface area contributed by atoms with Crippen molar-refractivity contribution >= 4 is 32.8 Å². The Morgan fingerprint density at radius 3 is 2.38 bits per heavy atom. The van der Waals surface area contributed by atoms with E-state index in [0.717, 1.165) is 11.6 Å². The molecule has 0 spiro atoms. The molecule has 1 aliphatic rings. The van der Waals surface area contributed by atoms with Gasteiger partial charge in [0, 0.05) is 12.1 Å². The van der Waals surface area contributed by atoms with Crippen LogP contribution in [0.2, 0.25) is 0 Å². The van der Waals surface area contributed by atoms with E-state index in [1.54, 1.807) is 24.3 Å². The number of hydrazone groups is 1.